The minimum atomic E-state index is -5.02. The average molecular weight is 691 g/mol. The Morgan fingerprint density at radius 1 is 1.08 bits per heavy atom. The van der Waals surface area contributed by atoms with E-state index in [0.29, 0.717) is 17.0 Å². The molecule has 2 atom stereocenters. The molecule has 0 aliphatic carbocycles. The van der Waals surface area contributed by atoms with Crippen LogP contribution in [0.25, 0.3) is 16.8 Å². The van der Waals surface area contributed by atoms with E-state index >= 15 is 8.78 Å². The van der Waals surface area contributed by atoms with Crippen molar-refractivity contribution in [2.45, 2.75) is 30.9 Å². The van der Waals surface area contributed by atoms with Crippen LogP contribution in [0.1, 0.15) is 21.6 Å². The van der Waals surface area contributed by atoms with Crippen molar-refractivity contribution >= 4 is 23.2 Å². The normalized spacial score (nSPS) is 16.2. The summed E-state index contributed by atoms with van der Waals surface area (Å²) < 4.78 is 138. The fourth-order valence-corrected chi connectivity index (χ4v) is 5.44. The lowest BCUT2D eigenvalue weighted by atomic mass is 9.97. The van der Waals surface area contributed by atoms with Gasteiger partial charge in [-0.25, -0.2) is 22.9 Å². The Hall–Kier alpha value is -5.00. The molecule has 3 heterocycles. The Morgan fingerprint density at radius 3 is 2.38 bits per heavy atom. The number of fused-ring (bicyclic) bond motifs is 1. The minimum Gasteiger partial charge on any atom is -0.496 e. The molecule has 1 saturated heterocycles. The maximum absolute atomic E-state index is 15.1. The number of ether oxygens (including phenoxy) is 2. The summed E-state index contributed by atoms with van der Waals surface area (Å²) in [6, 6.07) is 0.348. The fourth-order valence-electron chi connectivity index (χ4n) is 5.44. The number of anilines is 1. The quantitative estimate of drug-likeness (QED) is 0.231. The predicted octanol–water partition coefficient (Wildman–Crippen LogP) is 5.64. The number of halogens is 9. The van der Waals surface area contributed by atoms with Gasteiger partial charge in [-0.3, -0.25) is 4.79 Å². The Bertz CT molecular complexity index is 1850. The summed E-state index contributed by atoms with van der Waals surface area (Å²) in [7, 11) is 1.04. The summed E-state index contributed by atoms with van der Waals surface area (Å²) in [5.41, 5.74) is -3.93. The molecule has 1 amide bonds. The number of pyridine rings is 1. The highest BCUT2D eigenvalue weighted by atomic mass is 19.4. The molecule has 9 nitrogen and oxygen atoms in total. The van der Waals surface area contributed by atoms with E-state index in [1.807, 2.05) is 5.32 Å². The van der Waals surface area contributed by atoms with Gasteiger partial charge in [-0.15, -0.1) is 0 Å². The Labute approximate surface area is 264 Å². The highest BCUT2D eigenvalue weighted by Gasteiger charge is 2.46. The van der Waals surface area contributed by atoms with E-state index in [1.165, 1.54) is 22.9 Å². The molecule has 1 aliphatic heterocycles. The molecule has 1 fully saturated rings. The lowest BCUT2D eigenvalue weighted by molar-refractivity contribution is -0.167. The van der Waals surface area contributed by atoms with Gasteiger partial charge in [0.2, 0.25) is 0 Å². The Kier molecular flexibility index (Phi) is 9.22. The number of nitrogens with zero attached hydrogens (tertiary/aromatic N) is 3. The molecule has 0 radical (unpaired) electrons. The second-order valence-electron chi connectivity index (χ2n) is 10.6. The van der Waals surface area contributed by atoms with Crippen LogP contribution in [-0.2, 0) is 22.1 Å². The number of imidazole rings is 1. The SMILES string of the molecule is COc1cc(F)cc(C(F)(F)F)c1-c1ccc(CC(NC(=O)c2c(F)cc(N3CCOCC3C(F)(F)F)cc2F)C(=O)O)n2ccnc12. The topological polar surface area (TPSA) is 105 Å². The number of hydrogen-bond acceptors (Lipinski definition) is 6. The van der Waals surface area contributed by atoms with Crippen molar-refractivity contribution in [3.05, 3.63) is 83.1 Å². The van der Waals surface area contributed by atoms with E-state index in [9.17, 15) is 45.4 Å². The van der Waals surface area contributed by atoms with Crippen LogP contribution in [0.3, 0.4) is 0 Å². The van der Waals surface area contributed by atoms with Gasteiger partial charge in [-0.2, -0.15) is 26.3 Å². The van der Waals surface area contributed by atoms with E-state index in [4.69, 9.17) is 9.47 Å². The summed E-state index contributed by atoms with van der Waals surface area (Å²) in [5, 5.41) is 11.8. The number of carbonyl (C=O) groups excluding carboxylic acids is 1. The molecule has 18 heteroatoms. The highest BCUT2D eigenvalue weighted by molar-refractivity contribution is 5.97. The third kappa shape index (κ3) is 6.69. The second kappa shape index (κ2) is 12.9. The largest absolute Gasteiger partial charge is 0.496 e. The molecule has 2 aromatic heterocycles. The first-order valence-electron chi connectivity index (χ1n) is 13.8. The van der Waals surface area contributed by atoms with Crippen molar-refractivity contribution in [1.29, 1.82) is 0 Å². The fraction of sp³-hybridized carbons (Fsp3) is 0.300. The van der Waals surface area contributed by atoms with Crippen molar-refractivity contribution in [2.24, 2.45) is 0 Å². The van der Waals surface area contributed by atoms with Crippen LogP contribution in [0.15, 0.2) is 48.8 Å². The molecule has 0 spiro atoms. The van der Waals surface area contributed by atoms with Crippen LogP contribution < -0.4 is 15.0 Å². The van der Waals surface area contributed by atoms with E-state index in [2.05, 4.69) is 4.98 Å². The highest BCUT2D eigenvalue weighted by Crippen LogP contribution is 2.44. The standard InChI is InChI=1S/C30H23F9N4O5/c1-47-22-9-14(31)8-18(29(34,35)36)24(22)17-3-2-15(43-5-4-40-26(17)43)12-21(28(45)46)41-27(44)25-19(32)10-16(11-20(25)33)42-6-7-48-13-23(42)30(37,38)39/h2-5,8-11,21,23H,6-7,12-13H2,1H3,(H,41,44)(H,45,46). The zero-order valence-electron chi connectivity index (χ0n) is 24.4. The van der Waals surface area contributed by atoms with E-state index in [1.54, 1.807) is 0 Å². The lowest BCUT2D eigenvalue weighted by Gasteiger charge is -2.38. The number of carboxylic acids is 1. The number of morpholine rings is 1. The molecule has 4 aromatic rings. The smallest absolute Gasteiger partial charge is 0.417 e. The third-order valence-electron chi connectivity index (χ3n) is 7.60. The summed E-state index contributed by atoms with van der Waals surface area (Å²) >= 11 is 0. The number of nitrogens with one attached hydrogen (secondary N) is 1. The van der Waals surface area contributed by atoms with E-state index in [0.717, 1.165) is 19.2 Å². The molecule has 256 valence electrons. The van der Waals surface area contributed by atoms with Crippen molar-refractivity contribution in [3.63, 3.8) is 0 Å². The first-order chi connectivity index (χ1) is 22.5. The van der Waals surface area contributed by atoms with Gasteiger partial charge >= 0.3 is 18.3 Å². The molecule has 0 saturated carbocycles. The zero-order valence-corrected chi connectivity index (χ0v) is 24.4. The molecule has 1 aliphatic rings. The predicted molar refractivity (Wildman–Crippen MR) is 149 cm³/mol. The molecule has 5 rings (SSSR count). The second-order valence-corrected chi connectivity index (χ2v) is 10.6. The number of hydrogen-bond donors (Lipinski definition) is 2. The average Bonchev–Trinajstić information content (AvgIpc) is 3.50. The molecular weight excluding hydrogens is 667 g/mol. The van der Waals surface area contributed by atoms with Gasteiger partial charge < -0.3 is 29.2 Å². The zero-order chi connectivity index (χ0) is 35.1. The molecule has 2 unspecified atom stereocenters. The van der Waals surface area contributed by atoms with Crippen molar-refractivity contribution < 1.29 is 63.7 Å². The monoisotopic (exact) mass is 690 g/mol. The number of carboxylic acid groups (broad SMARTS) is 1. The van der Waals surface area contributed by atoms with E-state index in [-0.39, 0.29) is 36.1 Å². The van der Waals surface area contributed by atoms with Crippen molar-refractivity contribution in [3.8, 4) is 16.9 Å². The summed E-state index contributed by atoms with van der Waals surface area (Å²) in [6.07, 6.45) is -7.94. The van der Waals surface area contributed by atoms with Crippen LogP contribution in [0.2, 0.25) is 0 Å². The Balaban J connectivity index is 1.45. The lowest BCUT2D eigenvalue weighted by Crippen LogP contribution is -2.53. The van der Waals surface area contributed by atoms with Gasteiger partial charge in [-0.1, -0.05) is 0 Å². The number of alkyl halides is 6. The molecule has 0 bridgehead atoms. The maximum Gasteiger partial charge on any atom is 0.417 e. The number of aliphatic carboxylic acids is 1. The molecule has 2 N–H and O–H groups in total. The number of aromatic nitrogens is 2. The number of rotatable bonds is 8. The van der Waals surface area contributed by atoms with E-state index < -0.39 is 94.9 Å². The first-order valence-corrected chi connectivity index (χ1v) is 13.8. The van der Waals surface area contributed by atoms with Gasteiger partial charge in [0, 0.05) is 53.9 Å². The summed E-state index contributed by atoms with van der Waals surface area (Å²) in [5.74, 6) is -8.01. The van der Waals surface area contributed by atoms with Crippen LogP contribution in [-0.4, -0.2) is 71.5 Å². The van der Waals surface area contributed by atoms with Gasteiger partial charge in [0.05, 0.1) is 25.9 Å². The summed E-state index contributed by atoms with van der Waals surface area (Å²) in [4.78, 5) is 29.8. The van der Waals surface area contributed by atoms with Gasteiger partial charge in [-0.05, 0) is 30.3 Å². The number of methoxy groups -OCH3 is 1. The van der Waals surface area contributed by atoms with Crippen molar-refractivity contribution in [2.75, 3.05) is 31.8 Å². The molecular formula is C30H23F9N4O5. The molecule has 48 heavy (non-hydrogen) atoms. The number of benzene rings is 2. The van der Waals surface area contributed by atoms with Crippen molar-refractivity contribution in [1.82, 2.24) is 14.7 Å². The van der Waals surface area contributed by atoms with Crippen LogP contribution >= 0.6 is 0 Å². The van der Waals surface area contributed by atoms with Gasteiger partial charge in [0.1, 0.15) is 46.5 Å². The molecule has 2 aromatic carbocycles. The third-order valence-corrected chi connectivity index (χ3v) is 7.60. The Morgan fingerprint density at radius 2 is 1.77 bits per heavy atom. The van der Waals surface area contributed by atoms with Gasteiger partial charge in [0.25, 0.3) is 5.91 Å². The van der Waals surface area contributed by atoms with Crippen LogP contribution in [0.4, 0.5) is 45.2 Å². The number of carbonyl (C=O) groups is 2. The number of amides is 1. The summed E-state index contributed by atoms with van der Waals surface area (Å²) in [6.45, 7) is -1.31. The first kappa shape index (κ1) is 34.3. The van der Waals surface area contributed by atoms with Crippen LogP contribution in [0.5, 0.6) is 5.75 Å². The maximum atomic E-state index is 15.1. The van der Waals surface area contributed by atoms with Gasteiger partial charge in [0.15, 0.2) is 0 Å². The minimum absolute atomic E-state index is 0.0652. The van der Waals surface area contributed by atoms with Crippen LogP contribution in [0, 0.1) is 17.5 Å².